The first-order valence-corrected chi connectivity index (χ1v) is 8.26. The standard InChI is InChI=1S/C14H25N3OS/c1-10(2)8-15-12(18)11(3)16-13-17-14(9-19-13)6-4-5-7-14/h10-11H,4-9H2,1-3H3,(H,15,18)(H,16,17). The predicted octanol–water partition coefficient (Wildman–Crippen LogP) is 2.15. The van der Waals surface area contributed by atoms with Gasteiger partial charge >= 0.3 is 0 Å². The van der Waals surface area contributed by atoms with Gasteiger partial charge in [0.25, 0.3) is 0 Å². The first-order valence-electron chi connectivity index (χ1n) is 7.27. The number of carbonyl (C=O) groups excluding carboxylic acids is 1. The Morgan fingerprint density at radius 3 is 2.74 bits per heavy atom. The van der Waals surface area contributed by atoms with E-state index in [1.165, 1.54) is 25.7 Å². The van der Waals surface area contributed by atoms with Gasteiger partial charge in [-0.15, -0.1) is 0 Å². The molecule has 1 saturated carbocycles. The monoisotopic (exact) mass is 283 g/mol. The van der Waals surface area contributed by atoms with Gasteiger partial charge < -0.3 is 10.6 Å². The summed E-state index contributed by atoms with van der Waals surface area (Å²) in [5, 5.41) is 7.44. The fourth-order valence-corrected chi connectivity index (χ4v) is 3.88. The second-order valence-electron chi connectivity index (χ2n) is 6.15. The van der Waals surface area contributed by atoms with Gasteiger partial charge in [-0.2, -0.15) is 0 Å². The lowest BCUT2D eigenvalue weighted by molar-refractivity contribution is -0.122. The lowest BCUT2D eigenvalue weighted by Gasteiger charge is -2.22. The fourth-order valence-electron chi connectivity index (χ4n) is 2.58. The first kappa shape index (κ1) is 14.7. The summed E-state index contributed by atoms with van der Waals surface area (Å²) in [7, 11) is 0. The lowest BCUT2D eigenvalue weighted by atomic mass is 10.0. The smallest absolute Gasteiger partial charge is 0.244 e. The molecule has 1 unspecified atom stereocenters. The zero-order chi connectivity index (χ0) is 13.9. The summed E-state index contributed by atoms with van der Waals surface area (Å²) < 4.78 is 0. The Morgan fingerprint density at radius 1 is 1.42 bits per heavy atom. The molecule has 2 fully saturated rings. The van der Waals surface area contributed by atoms with Gasteiger partial charge in [0.1, 0.15) is 6.04 Å². The quantitative estimate of drug-likeness (QED) is 0.831. The average molecular weight is 283 g/mol. The van der Waals surface area contributed by atoms with E-state index in [0.29, 0.717) is 5.92 Å². The number of carbonyl (C=O) groups is 1. The van der Waals surface area contributed by atoms with Gasteiger partial charge in [-0.05, 0) is 25.7 Å². The van der Waals surface area contributed by atoms with Crippen molar-refractivity contribution in [3.05, 3.63) is 0 Å². The van der Waals surface area contributed by atoms with E-state index in [0.717, 1.165) is 17.5 Å². The molecule has 0 bridgehead atoms. The van der Waals surface area contributed by atoms with Crippen LogP contribution in [0.15, 0.2) is 4.99 Å². The number of hydrogen-bond acceptors (Lipinski definition) is 3. The van der Waals surface area contributed by atoms with Crippen LogP contribution in [-0.2, 0) is 4.79 Å². The van der Waals surface area contributed by atoms with E-state index < -0.39 is 0 Å². The van der Waals surface area contributed by atoms with Crippen molar-refractivity contribution >= 4 is 22.8 Å². The molecule has 0 radical (unpaired) electrons. The van der Waals surface area contributed by atoms with Crippen LogP contribution in [-0.4, -0.2) is 35.0 Å². The Hall–Kier alpha value is -0.710. The number of aliphatic imine (C=N–C) groups is 1. The molecule has 5 heteroatoms. The van der Waals surface area contributed by atoms with Gasteiger partial charge in [0.2, 0.25) is 5.91 Å². The van der Waals surface area contributed by atoms with Gasteiger partial charge in [-0.3, -0.25) is 4.79 Å². The third-order valence-corrected chi connectivity index (χ3v) is 4.97. The maximum atomic E-state index is 11.9. The largest absolute Gasteiger partial charge is 0.359 e. The summed E-state index contributed by atoms with van der Waals surface area (Å²) in [6.07, 6.45) is 5.11. The van der Waals surface area contributed by atoms with Gasteiger partial charge in [-0.25, -0.2) is 4.99 Å². The number of thioether (sulfide) groups is 1. The highest BCUT2D eigenvalue weighted by Gasteiger charge is 2.39. The zero-order valence-corrected chi connectivity index (χ0v) is 13.0. The maximum absolute atomic E-state index is 11.9. The summed E-state index contributed by atoms with van der Waals surface area (Å²) >= 11 is 1.77. The Kier molecular flexibility index (Phi) is 4.76. The SMILES string of the molecule is CC(C)CNC(=O)C(C)N=C1NC2(CCCC2)CS1. The zero-order valence-electron chi connectivity index (χ0n) is 12.2. The van der Waals surface area contributed by atoms with Crippen molar-refractivity contribution in [2.24, 2.45) is 10.9 Å². The third kappa shape index (κ3) is 3.88. The minimum absolute atomic E-state index is 0.0240. The molecule has 1 atom stereocenters. The minimum atomic E-state index is -0.301. The Labute approximate surface area is 120 Å². The summed E-state index contributed by atoms with van der Waals surface area (Å²) in [6, 6.07) is -0.301. The number of amides is 1. The number of nitrogens with one attached hydrogen (secondary N) is 2. The van der Waals surface area contributed by atoms with E-state index in [1.807, 2.05) is 6.92 Å². The van der Waals surface area contributed by atoms with Crippen molar-refractivity contribution in [1.82, 2.24) is 10.6 Å². The van der Waals surface area contributed by atoms with Crippen molar-refractivity contribution in [1.29, 1.82) is 0 Å². The van der Waals surface area contributed by atoms with Crippen LogP contribution in [0.2, 0.25) is 0 Å². The molecule has 1 aliphatic heterocycles. The summed E-state index contributed by atoms with van der Waals surface area (Å²) in [6.45, 7) is 6.77. The summed E-state index contributed by atoms with van der Waals surface area (Å²) in [4.78, 5) is 16.4. The first-order chi connectivity index (χ1) is 9.01. The minimum Gasteiger partial charge on any atom is -0.359 e. The molecule has 1 saturated heterocycles. The molecule has 0 aromatic heterocycles. The summed E-state index contributed by atoms with van der Waals surface area (Å²) in [5.74, 6) is 1.60. The van der Waals surface area contributed by atoms with Crippen LogP contribution in [0, 0.1) is 5.92 Å². The van der Waals surface area contributed by atoms with Crippen molar-refractivity contribution in [2.45, 2.75) is 58.0 Å². The molecule has 108 valence electrons. The van der Waals surface area contributed by atoms with E-state index in [9.17, 15) is 4.79 Å². The number of hydrogen-bond donors (Lipinski definition) is 2. The van der Waals surface area contributed by atoms with Crippen molar-refractivity contribution < 1.29 is 4.79 Å². The van der Waals surface area contributed by atoms with Crippen molar-refractivity contribution in [3.63, 3.8) is 0 Å². The Morgan fingerprint density at radius 2 is 2.11 bits per heavy atom. The molecule has 2 N–H and O–H groups in total. The van der Waals surface area contributed by atoms with Crippen LogP contribution in [0.25, 0.3) is 0 Å². The average Bonchev–Trinajstić information content (AvgIpc) is 2.97. The van der Waals surface area contributed by atoms with E-state index in [2.05, 4.69) is 29.5 Å². The van der Waals surface area contributed by atoms with E-state index in [1.54, 1.807) is 11.8 Å². The second-order valence-corrected chi connectivity index (χ2v) is 7.11. The normalized spacial score (nSPS) is 24.9. The Balaban J connectivity index is 1.85. The molecule has 4 nitrogen and oxygen atoms in total. The fraction of sp³-hybridized carbons (Fsp3) is 0.857. The number of nitrogens with zero attached hydrogens (tertiary/aromatic N) is 1. The highest BCUT2D eigenvalue weighted by molar-refractivity contribution is 8.14. The predicted molar refractivity (Wildman–Crippen MR) is 81.5 cm³/mol. The molecule has 19 heavy (non-hydrogen) atoms. The molecule has 1 aliphatic carbocycles. The van der Waals surface area contributed by atoms with E-state index >= 15 is 0 Å². The number of amidine groups is 1. The molecular formula is C14H25N3OS. The van der Waals surface area contributed by atoms with Gasteiger partial charge in [-0.1, -0.05) is 38.5 Å². The maximum Gasteiger partial charge on any atom is 0.244 e. The van der Waals surface area contributed by atoms with Crippen LogP contribution < -0.4 is 10.6 Å². The van der Waals surface area contributed by atoms with Gasteiger partial charge in [0.15, 0.2) is 5.17 Å². The van der Waals surface area contributed by atoms with Gasteiger partial charge in [0.05, 0.1) is 0 Å². The molecule has 1 amide bonds. The molecule has 1 heterocycles. The highest BCUT2D eigenvalue weighted by Crippen LogP contribution is 2.37. The highest BCUT2D eigenvalue weighted by atomic mass is 32.2. The molecule has 2 aliphatic rings. The molecule has 0 aromatic carbocycles. The number of rotatable bonds is 4. The topological polar surface area (TPSA) is 53.5 Å². The molecule has 1 spiro atoms. The van der Waals surface area contributed by atoms with Gasteiger partial charge in [0, 0.05) is 17.8 Å². The van der Waals surface area contributed by atoms with Crippen LogP contribution >= 0.6 is 11.8 Å². The summed E-state index contributed by atoms with van der Waals surface area (Å²) in [5.41, 5.74) is 0.275. The van der Waals surface area contributed by atoms with Crippen molar-refractivity contribution in [3.8, 4) is 0 Å². The molecule has 0 aromatic rings. The van der Waals surface area contributed by atoms with Crippen LogP contribution in [0.1, 0.15) is 46.5 Å². The van der Waals surface area contributed by atoms with Crippen LogP contribution in [0.3, 0.4) is 0 Å². The lowest BCUT2D eigenvalue weighted by Crippen LogP contribution is -2.41. The van der Waals surface area contributed by atoms with E-state index in [-0.39, 0.29) is 17.5 Å². The molecule has 2 rings (SSSR count). The van der Waals surface area contributed by atoms with Crippen molar-refractivity contribution in [2.75, 3.05) is 12.3 Å². The molecular weight excluding hydrogens is 258 g/mol. The Bertz CT molecular complexity index is 362. The second kappa shape index (κ2) is 6.16. The van der Waals surface area contributed by atoms with Crippen LogP contribution in [0.4, 0.5) is 0 Å². The van der Waals surface area contributed by atoms with Crippen LogP contribution in [0.5, 0.6) is 0 Å². The van der Waals surface area contributed by atoms with E-state index in [4.69, 9.17) is 0 Å². The third-order valence-electron chi connectivity index (χ3n) is 3.79.